The smallest absolute Gasteiger partial charge is 0.253 e. The van der Waals surface area contributed by atoms with Gasteiger partial charge in [0.15, 0.2) is 0 Å². The molecular weight excluding hydrogens is 204 g/mol. The lowest BCUT2D eigenvalue weighted by Crippen LogP contribution is -2.30. The Bertz CT molecular complexity index is 430. The van der Waals surface area contributed by atoms with Crippen molar-refractivity contribution in [1.29, 1.82) is 0 Å². The summed E-state index contributed by atoms with van der Waals surface area (Å²) < 4.78 is 0. The number of nitrogens with zero attached hydrogens (tertiary/aromatic N) is 1. The number of carbonyl (C=O) groups excluding carboxylic acids is 1. The van der Waals surface area contributed by atoms with Crippen LogP contribution in [0.15, 0.2) is 18.5 Å². The lowest BCUT2D eigenvalue weighted by molar-refractivity contribution is 0.0942. The molecule has 4 nitrogen and oxygen atoms in total. The van der Waals surface area contributed by atoms with E-state index in [1.54, 1.807) is 12.3 Å². The molecule has 0 aliphatic carbocycles. The molecule has 84 valence electrons. The van der Waals surface area contributed by atoms with Gasteiger partial charge in [0.25, 0.3) is 5.91 Å². The predicted octanol–water partition coefficient (Wildman–Crippen LogP) is 0.564. The number of hydrogen-bond acceptors (Lipinski definition) is 3. The maximum atomic E-state index is 11.6. The summed E-state index contributed by atoms with van der Waals surface area (Å²) >= 11 is 0. The number of rotatable bonds is 2. The van der Waals surface area contributed by atoms with Gasteiger partial charge in [-0.25, -0.2) is 0 Å². The third kappa shape index (κ3) is 3.71. The Balaban J connectivity index is 2.85. The summed E-state index contributed by atoms with van der Waals surface area (Å²) in [6.45, 7) is 3.57. The van der Waals surface area contributed by atoms with Crippen LogP contribution in [0.4, 0.5) is 0 Å². The summed E-state index contributed by atoms with van der Waals surface area (Å²) in [7, 11) is 0. The SMILES string of the molecule is CC(C)NC(=O)c1cncc(C#CCO)c1. The van der Waals surface area contributed by atoms with Crippen LogP contribution < -0.4 is 5.32 Å². The van der Waals surface area contributed by atoms with E-state index in [1.165, 1.54) is 6.20 Å². The van der Waals surface area contributed by atoms with Gasteiger partial charge in [-0.15, -0.1) is 0 Å². The molecule has 2 N–H and O–H groups in total. The molecule has 0 radical (unpaired) electrons. The number of aliphatic hydroxyl groups is 1. The summed E-state index contributed by atoms with van der Waals surface area (Å²) in [4.78, 5) is 15.6. The zero-order valence-electron chi connectivity index (χ0n) is 9.32. The van der Waals surface area contributed by atoms with Gasteiger partial charge in [-0.05, 0) is 19.9 Å². The first-order chi connectivity index (χ1) is 7.63. The van der Waals surface area contributed by atoms with Crippen molar-refractivity contribution in [3.05, 3.63) is 29.6 Å². The van der Waals surface area contributed by atoms with Crippen LogP contribution in [0.5, 0.6) is 0 Å². The molecule has 0 spiro atoms. The molecule has 1 aromatic rings. The molecule has 0 saturated carbocycles. The molecule has 4 heteroatoms. The van der Waals surface area contributed by atoms with E-state index in [2.05, 4.69) is 22.1 Å². The van der Waals surface area contributed by atoms with Crippen molar-refractivity contribution >= 4 is 5.91 Å². The lowest BCUT2D eigenvalue weighted by atomic mass is 10.2. The standard InChI is InChI=1S/C12H14N2O2/c1-9(2)14-12(16)11-6-10(4-3-5-15)7-13-8-11/h6-9,15H,5H2,1-2H3,(H,14,16). The second kappa shape index (κ2) is 5.89. The molecule has 1 amide bonds. The van der Waals surface area contributed by atoms with Gasteiger partial charge in [0.2, 0.25) is 0 Å². The van der Waals surface area contributed by atoms with Gasteiger partial charge in [0.1, 0.15) is 6.61 Å². The van der Waals surface area contributed by atoms with E-state index >= 15 is 0 Å². The fourth-order valence-corrected chi connectivity index (χ4v) is 1.12. The van der Waals surface area contributed by atoms with E-state index in [0.717, 1.165) is 0 Å². The zero-order chi connectivity index (χ0) is 12.0. The number of nitrogens with one attached hydrogen (secondary N) is 1. The van der Waals surface area contributed by atoms with E-state index in [4.69, 9.17) is 5.11 Å². The quantitative estimate of drug-likeness (QED) is 0.713. The topological polar surface area (TPSA) is 62.2 Å². The van der Waals surface area contributed by atoms with Gasteiger partial charge in [-0.2, -0.15) is 0 Å². The zero-order valence-corrected chi connectivity index (χ0v) is 9.32. The molecule has 0 fully saturated rings. The normalized spacial score (nSPS) is 9.50. The van der Waals surface area contributed by atoms with Gasteiger partial charge in [-0.3, -0.25) is 9.78 Å². The Labute approximate surface area is 94.7 Å². The number of aliphatic hydroxyl groups excluding tert-OH is 1. The number of amides is 1. The number of carbonyl (C=O) groups is 1. The number of aromatic nitrogens is 1. The van der Waals surface area contributed by atoms with Crippen molar-refractivity contribution in [2.75, 3.05) is 6.61 Å². The van der Waals surface area contributed by atoms with Crippen LogP contribution in [-0.4, -0.2) is 28.6 Å². The first-order valence-electron chi connectivity index (χ1n) is 4.99. The molecule has 1 heterocycles. The third-order valence-corrected chi connectivity index (χ3v) is 1.73. The van der Waals surface area contributed by atoms with Crippen molar-refractivity contribution in [2.45, 2.75) is 19.9 Å². The molecule has 0 aromatic carbocycles. The van der Waals surface area contributed by atoms with Crippen LogP contribution in [0.2, 0.25) is 0 Å². The Morgan fingerprint density at radius 3 is 2.94 bits per heavy atom. The van der Waals surface area contributed by atoms with Crippen molar-refractivity contribution in [3.63, 3.8) is 0 Å². The highest BCUT2D eigenvalue weighted by atomic mass is 16.2. The molecule has 0 unspecified atom stereocenters. The molecule has 0 aliphatic heterocycles. The van der Waals surface area contributed by atoms with Gasteiger partial charge in [-0.1, -0.05) is 11.8 Å². The van der Waals surface area contributed by atoms with Crippen molar-refractivity contribution < 1.29 is 9.90 Å². The fourth-order valence-electron chi connectivity index (χ4n) is 1.12. The molecule has 0 atom stereocenters. The average molecular weight is 218 g/mol. The largest absolute Gasteiger partial charge is 0.384 e. The van der Waals surface area contributed by atoms with E-state index < -0.39 is 0 Å². The Kier molecular flexibility index (Phi) is 4.49. The molecular formula is C12H14N2O2. The summed E-state index contributed by atoms with van der Waals surface area (Å²) in [6, 6.07) is 1.73. The highest BCUT2D eigenvalue weighted by Crippen LogP contribution is 2.01. The van der Waals surface area contributed by atoms with Crippen LogP contribution >= 0.6 is 0 Å². The van der Waals surface area contributed by atoms with Crippen LogP contribution in [0, 0.1) is 11.8 Å². The monoisotopic (exact) mass is 218 g/mol. The van der Waals surface area contributed by atoms with Crippen LogP contribution in [0.3, 0.4) is 0 Å². The first-order valence-corrected chi connectivity index (χ1v) is 4.99. The van der Waals surface area contributed by atoms with Crippen molar-refractivity contribution in [1.82, 2.24) is 10.3 Å². The fraction of sp³-hybridized carbons (Fsp3) is 0.333. The summed E-state index contributed by atoms with van der Waals surface area (Å²) in [5.41, 5.74) is 1.09. The van der Waals surface area contributed by atoms with Crippen LogP contribution in [0.25, 0.3) is 0 Å². The van der Waals surface area contributed by atoms with Crippen molar-refractivity contribution in [3.8, 4) is 11.8 Å². The Morgan fingerprint density at radius 1 is 1.56 bits per heavy atom. The first kappa shape index (κ1) is 12.2. The van der Waals surface area contributed by atoms with Gasteiger partial charge in [0, 0.05) is 24.0 Å². The van der Waals surface area contributed by atoms with E-state index in [1.807, 2.05) is 13.8 Å². The summed E-state index contributed by atoms with van der Waals surface area (Å²) in [6.07, 6.45) is 3.04. The Morgan fingerprint density at radius 2 is 2.31 bits per heavy atom. The molecule has 0 bridgehead atoms. The van der Waals surface area contributed by atoms with E-state index in [0.29, 0.717) is 11.1 Å². The molecule has 1 aromatic heterocycles. The second-order valence-electron chi connectivity index (χ2n) is 3.55. The van der Waals surface area contributed by atoms with Gasteiger partial charge in [0.05, 0.1) is 5.56 Å². The minimum Gasteiger partial charge on any atom is -0.384 e. The number of pyridine rings is 1. The minimum atomic E-state index is -0.206. The minimum absolute atomic E-state index is 0.0830. The maximum absolute atomic E-state index is 11.6. The third-order valence-electron chi connectivity index (χ3n) is 1.73. The molecule has 16 heavy (non-hydrogen) atoms. The average Bonchev–Trinajstić information content (AvgIpc) is 2.26. The predicted molar refractivity (Wildman–Crippen MR) is 60.8 cm³/mol. The summed E-state index contributed by atoms with van der Waals surface area (Å²) in [5.74, 6) is 5.03. The molecule has 1 rings (SSSR count). The van der Waals surface area contributed by atoms with E-state index in [-0.39, 0.29) is 18.6 Å². The lowest BCUT2D eigenvalue weighted by Gasteiger charge is -2.07. The van der Waals surface area contributed by atoms with E-state index in [9.17, 15) is 4.79 Å². The van der Waals surface area contributed by atoms with Crippen LogP contribution in [0.1, 0.15) is 29.8 Å². The highest BCUT2D eigenvalue weighted by molar-refractivity contribution is 5.94. The Hall–Kier alpha value is -1.86. The number of hydrogen-bond donors (Lipinski definition) is 2. The maximum Gasteiger partial charge on any atom is 0.253 e. The second-order valence-corrected chi connectivity index (χ2v) is 3.55. The van der Waals surface area contributed by atoms with Crippen molar-refractivity contribution in [2.24, 2.45) is 0 Å². The summed E-state index contributed by atoms with van der Waals surface area (Å²) in [5, 5.41) is 11.3. The molecule has 0 aliphatic rings. The molecule has 0 saturated heterocycles. The highest BCUT2D eigenvalue weighted by Gasteiger charge is 2.07. The van der Waals surface area contributed by atoms with Gasteiger partial charge < -0.3 is 10.4 Å². The van der Waals surface area contributed by atoms with Crippen LogP contribution in [-0.2, 0) is 0 Å². The van der Waals surface area contributed by atoms with Gasteiger partial charge >= 0.3 is 0 Å².